The zero-order valence-electron chi connectivity index (χ0n) is 30.7. The number of hydrogen-bond acceptors (Lipinski definition) is 12. The van der Waals surface area contributed by atoms with Gasteiger partial charge in [0.15, 0.2) is 17.8 Å². The maximum Gasteiger partial charge on any atom is 0.185 e. The molecule has 0 aliphatic rings. The highest BCUT2D eigenvalue weighted by Gasteiger charge is 2.11. The van der Waals surface area contributed by atoms with Crippen LogP contribution in [0.4, 0.5) is 23.0 Å². The Hall–Kier alpha value is -7.70. The summed E-state index contributed by atoms with van der Waals surface area (Å²) in [5.74, 6) is 3.65. The standard InChI is InChI=1S/C25H18N4O3.C20H15ClN4O/c30-14-20-10-11-24(32-20)22-12-21-23(13-26-22)27-16-28-25(21)29-18-6-8-19(9-7-18)31-15-17-4-2-1-3-5-17;21-19-10-17-18(11-22-19)23-13-24-20(17)25-15-6-8-16(9-7-15)26-12-14-4-2-1-3-5-14/h1-14,16H,15H2,(H,27,28,29);1-11,13H,12H2,(H,23,24,25). The number of rotatable bonds is 12. The second kappa shape index (κ2) is 17.8. The van der Waals surface area contributed by atoms with Crippen LogP contribution >= 0.6 is 11.6 Å². The number of carbonyl (C=O) groups excluding carboxylic acids is 1. The molecule has 2 N–H and O–H groups in total. The first kappa shape index (κ1) is 37.2. The first-order valence-corrected chi connectivity index (χ1v) is 18.4. The van der Waals surface area contributed by atoms with Gasteiger partial charge < -0.3 is 24.5 Å². The predicted molar refractivity (Wildman–Crippen MR) is 224 cm³/mol. The van der Waals surface area contributed by atoms with E-state index in [-0.39, 0.29) is 5.76 Å². The van der Waals surface area contributed by atoms with E-state index >= 15 is 0 Å². The molecule has 4 aromatic carbocycles. The molecule has 58 heavy (non-hydrogen) atoms. The molecule has 0 aliphatic carbocycles. The first-order valence-electron chi connectivity index (χ1n) is 18.1. The highest BCUT2D eigenvalue weighted by molar-refractivity contribution is 6.30. The summed E-state index contributed by atoms with van der Waals surface area (Å²) in [7, 11) is 0. The molecule has 0 saturated carbocycles. The Morgan fingerprint density at radius 2 is 1.09 bits per heavy atom. The minimum Gasteiger partial charge on any atom is -0.489 e. The summed E-state index contributed by atoms with van der Waals surface area (Å²) in [5, 5.41) is 8.61. The van der Waals surface area contributed by atoms with Gasteiger partial charge in [0.25, 0.3) is 0 Å². The lowest BCUT2D eigenvalue weighted by Crippen LogP contribution is -1.98. The average Bonchev–Trinajstić information content (AvgIpc) is 3.77. The molecule has 0 bridgehead atoms. The van der Waals surface area contributed by atoms with Gasteiger partial charge in [-0.1, -0.05) is 72.3 Å². The molecule has 13 heteroatoms. The number of furan rings is 1. The van der Waals surface area contributed by atoms with E-state index in [4.69, 9.17) is 25.5 Å². The number of pyridine rings is 2. The Bertz CT molecular complexity index is 2770. The number of hydrogen-bond donors (Lipinski definition) is 2. The van der Waals surface area contributed by atoms with E-state index in [1.807, 2.05) is 115 Å². The lowest BCUT2D eigenvalue weighted by atomic mass is 10.2. The fraction of sp³-hybridized carbons (Fsp3) is 0.0444. The summed E-state index contributed by atoms with van der Waals surface area (Å²) in [6.45, 7) is 1.05. The Morgan fingerprint density at radius 1 is 0.569 bits per heavy atom. The van der Waals surface area contributed by atoms with Gasteiger partial charge in [-0.05, 0) is 83.9 Å². The van der Waals surface area contributed by atoms with Gasteiger partial charge in [0.05, 0.1) is 23.4 Å². The number of ether oxygens (including phenoxy) is 2. The van der Waals surface area contributed by atoms with Crippen LogP contribution in [0.15, 0.2) is 163 Å². The number of benzene rings is 4. The van der Waals surface area contributed by atoms with Crippen molar-refractivity contribution in [2.75, 3.05) is 10.6 Å². The van der Waals surface area contributed by atoms with Crippen molar-refractivity contribution in [3.63, 3.8) is 0 Å². The number of aromatic nitrogens is 6. The highest BCUT2D eigenvalue weighted by Crippen LogP contribution is 2.29. The van der Waals surface area contributed by atoms with Crippen LogP contribution in [0.3, 0.4) is 0 Å². The molecule has 0 saturated heterocycles. The molecule has 0 fully saturated rings. The number of anilines is 4. The van der Waals surface area contributed by atoms with Crippen molar-refractivity contribution in [3.8, 4) is 23.0 Å². The van der Waals surface area contributed by atoms with Gasteiger partial charge in [-0.2, -0.15) is 0 Å². The van der Waals surface area contributed by atoms with Crippen molar-refractivity contribution in [2.45, 2.75) is 13.2 Å². The number of nitrogens with one attached hydrogen (secondary N) is 2. The van der Waals surface area contributed by atoms with Crippen LogP contribution in [0.2, 0.25) is 5.15 Å². The van der Waals surface area contributed by atoms with Gasteiger partial charge in [-0.15, -0.1) is 0 Å². The van der Waals surface area contributed by atoms with E-state index in [0.717, 1.165) is 50.3 Å². The normalized spacial score (nSPS) is 10.7. The van der Waals surface area contributed by atoms with Gasteiger partial charge in [0, 0.05) is 22.1 Å². The van der Waals surface area contributed by atoms with E-state index in [1.165, 1.54) is 12.7 Å². The molecule has 0 aliphatic heterocycles. The summed E-state index contributed by atoms with van der Waals surface area (Å²) in [5.41, 5.74) is 6.01. The van der Waals surface area contributed by atoms with Crippen LogP contribution in [0.5, 0.6) is 11.5 Å². The van der Waals surface area contributed by atoms with E-state index < -0.39 is 0 Å². The van der Waals surface area contributed by atoms with E-state index in [2.05, 4.69) is 40.5 Å². The van der Waals surface area contributed by atoms with Gasteiger partial charge in [0.2, 0.25) is 0 Å². The molecule has 0 unspecified atom stereocenters. The fourth-order valence-corrected chi connectivity index (χ4v) is 5.96. The quantitative estimate of drug-likeness (QED) is 0.0896. The number of nitrogens with zero attached hydrogens (tertiary/aromatic N) is 6. The summed E-state index contributed by atoms with van der Waals surface area (Å²) < 4.78 is 17.1. The first-order chi connectivity index (χ1) is 28.6. The molecule has 5 aromatic heterocycles. The molecule has 0 radical (unpaired) electrons. The largest absolute Gasteiger partial charge is 0.489 e. The number of halogens is 1. The smallest absolute Gasteiger partial charge is 0.185 e. The Labute approximate surface area is 337 Å². The van der Waals surface area contributed by atoms with E-state index in [1.54, 1.807) is 30.6 Å². The van der Waals surface area contributed by atoms with Crippen molar-refractivity contribution in [1.29, 1.82) is 0 Å². The lowest BCUT2D eigenvalue weighted by Gasteiger charge is -2.10. The van der Waals surface area contributed by atoms with Crippen LogP contribution < -0.4 is 20.1 Å². The zero-order valence-corrected chi connectivity index (χ0v) is 31.5. The number of fused-ring (bicyclic) bond motifs is 2. The minimum absolute atomic E-state index is 0.249. The van der Waals surface area contributed by atoms with Crippen LogP contribution in [0, 0.1) is 0 Å². The average molecular weight is 785 g/mol. The third kappa shape index (κ3) is 9.39. The SMILES string of the molecule is Clc1cc2c(Nc3ccc(OCc4ccccc4)cc3)ncnc2cn1.O=Cc1ccc(-c2cc3c(Nc4ccc(OCc5ccccc5)cc4)ncnc3cn2)o1. The Kier molecular flexibility index (Phi) is 11.5. The third-order valence-electron chi connectivity index (χ3n) is 8.74. The maximum atomic E-state index is 10.9. The van der Waals surface area contributed by atoms with Crippen molar-refractivity contribution in [2.24, 2.45) is 0 Å². The Balaban J connectivity index is 0.000000165. The van der Waals surface area contributed by atoms with Crippen molar-refractivity contribution in [1.82, 2.24) is 29.9 Å². The molecule has 5 heterocycles. The lowest BCUT2D eigenvalue weighted by molar-refractivity contribution is 0.110. The van der Waals surface area contributed by atoms with Gasteiger partial charge in [-0.25, -0.2) is 24.9 Å². The molecule has 9 aromatic rings. The van der Waals surface area contributed by atoms with Crippen LogP contribution in [-0.2, 0) is 13.2 Å². The Morgan fingerprint density at radius 3 is 1.60 bits per heavy atom. The van der Waals surface area contributed by atoms with Gasteiger partial charge in [-0.3, -0.25) is 9.78 Å². The molecule has 0 spiro atoms. The predicted octanol–water partition coefficient (Wildman–Crippen LogP) is 10.4. The van der Waals surface area contributed by atoms with E-state index in [0.29, 0.717) is 53.3 Å². The van der Waals surface area contributed by atoms with Gasteiger partial charge >= 0.3 is 0 Å². The fourth-order valence-electron chi connectivity index (χ4n) is 5.80. The van der Waals surface area contributed by atoms with E-state index in [9.17, 15) is 4.79 Å². The second-order valence-corrected chi connectivity index (χ2v) is 13.1. The molecule has 0 amide bonds. The molecular formula is C45H33ClN8O4. The summed E-state index contributed by atoms with van der Waals surface area (Å²) in [6.07, 6.45) is 6.93. The number of aldehydes is 1. The number of carbonyl (C=O) groups is 1. The van der Waals surface area contributed by atoms with Crippen LogP contribution in [0.1, 0.15) is 21.7 Å². The summed E-state index contributed by atoms with van der Waals surface area (Å²) in [4.78, 5) is 36.5. The minimum atomic E-state index is 0.249. The highest BCUT2D eigenvalue weighted by atomic mass is 35.5. The molecule has 0 atom stereocenters. The maximum absolute atomic E-state index is 10.9. The topological polar surface area (TPSA) is 150 Å². The van der Waals surface area contributed by atoms with Crippen LogP contribution in [-0.4, -0.2) is 36.2 Å². The van der Waals surface area contributed by atoms with Crippen molar-refractivity contribution in [3.05, 3.63) is 181 Å². The molecular weight excluding hydrogens is 752 g/mol. The molecule has 12 nitrogen and oxygen atoms in total. The van der Waals surface area contributed by atoms with Crippen molar-refractivity contribution < 1.29 is 18.7 Å². The second-order valence-electron chi connectivity index (χ2n) is 12.7. The van der Waals surface area contributed by atoms with Gasteiger partial charge in [0.1, 0.15) is 59.9 Å². The molecule has 9 rings (SSSR count). The monoisotopic (exact) mass is 784 g/mol. The summed E-state index contributed by atoms with van der Waals surface area (Å²) in [6, 6.07) is 42.4. The zero-order chi connectivity index (χ0) is 39.5. The summed E-state index contributed by atoms with van der Waals surface area (Å²) >= 11 is 5.99. The third-order valence-corrected chi connectivity index (χ3v) is 8.94. The van der Waals surface area contributed by atoms with Crippen LogP contribution in [0.25, 0.3) is 33.3 Å². The van der Waals surface area contributed by atoms with Crippen molar-refractivity contribution >= 4 is 62.7 Å². The molecule has 284 valence electrons.